The van der Waals surface area contributed by atoms with Gasteiger partial charge < -0.3 is 4.90 Å². The second kappa shape index (κ2) is 9.19. The van der Waals surface area contributed by atoms with Crippen LogP contribution in [0.1, 0.15) is 30.5 Å². The minimum absolute atomic E-state index is 0.298. The van der Waals surface area contributed by atoms with E-state index in [1.54, 1.807) is 0 Å². The van der Waals surface area contributed by atoms with Crippen LogP contribution in [-0.4, -0.2) is 52.6 Å². The molecule has 0 saturated carbocycles. The summed E-state index contributed by atoms with van der Waals surface area (Å²) in [4.78, 5) is 5.06. The number of benzene rings is 2. The molecule has 1 atom stereocenters. The zero-order chi connectivity index (χ0) is 21.1. The van der Waals surface area contributed by atoms with Crippen LogP contribution < -0.4 is 4.90 Å². The van der Waals surface area contributed by atoms with Crippen LogP contribution in [0.25, 0.3) is 11.3 Å². The summed E-state index contributed by atoms with van der Waals surface area (Å²) < 4.78 is 1.96. The van der Waals surface area contributed by atoms with E-state index in [1.165, 1.54) is 16.8 Å². The highest BCUT2D eigenvalue weighted by Crippen LogP contribution is 2.26. The Hall–Kier alpha value is -2.37. The Morgan fingerprint density at radius 2 is 1.77 bits per heavy atom. The SMILES string of the molecule is Cc1ccc(N2CCN(CCC(C)n3cc(-c4ccccc4Cl)nn3)CC2)cc1C. The van der Waals surface area contributed by atoms with Gasteiger partial charge in [-0.25, -0.2) is 4.68 Å². The maximum Gasteiger partial charge on any atom is 0.114 e. The number of halogens is 1. The maximum atomic E-state index is 6.29. The molecule has 1 aliphatic heterocycles. The summed E-state index contributed by atoms with van der Waals surface area (Å²) in [5.74, 6) is 0. The van der Waals surface area contributed by atoms with Crippen LogP contribution in [0, 0.1) is 13.8 Å². The average molecular weight is 424 g/mol. The van der Waals surface area contributed by atoms with Crippen molar-refractivity contribution >= 4 is 17.3 Å². The van der Waals surface area contributed by atoms with E-state index in [1.807, 2.05) is 35.1 Å². The summed E-state index contributed by atoms with van der Waals surface area (Å²) in [5.41, 5.74) is 5.83. The lowest BCUT2D eigenvalue weighted by atomic mass is 10.1. The number of anilines is 1. The fraction of sp³-hybridized carbons (Fsp3) is 0.417. The Morgan fingerprint density at radius 1 is 1.00 bits per heavy atom. The minimum Gasteiger partial charge on any atom is -0.369 e. The van der Waals surface area contributed by atoms with Gasteiger partial charge >= 0.3 is 0 Å². The van der Waals surface area contributed by atoms with Gasteiger partial charge in [-0.15, -0.1) is 5.10 Å². The van der Waals surface area contributed by atoms with Crippen molar-refractivity contribution in [1.29, 1.82) is 0 Å². The molecule has 0 amide bonds. The molecule has 30 heavy (non-hydrogen) atoms. The van der Waals surface area contributed by atoms with Gasteiger partial charge in [0.15, 0.2) is 0 Å². The lowest BCUT2D eigenvalue weighted by Gasteiger charge is -2.36. The van der Waals surface area contributed by atoms with Crippen LogP contribution in [0.2, 0.25) is 5.02 Å². The summed E-state index contributed by atoms with van der Waals surface area (Å²) in [5, 5.41) is 9.38. The van der Waals surface area contributed by atoms with Crippen molar-refractivity contribution in [2.45, 2.75) is 33.2 Å². The van der Waals surface area contributed by atoms with E-state index in [4.69, 9.17) is 11.6 Å². The van der Waals surface area contributed by atoms with Crippen molar-refractivity contribution in [3.63, 3.8) is 0 Å². The second-order valence-corrected chi connectivity index (χ2v) is 8.71. The molecular formula is C24H30ClN5. The summed E-state index contributed by atoms with van der Waals surface area (Å²) in [6.07, 6.45) is 3.05. The van der Waals surface area contributed by atoms with Crippen molar-refractivity contribution < 1.29 is 0 Å². The standard InChI is InChI=1S/C24H30ClN5/c1-18-8-9-21(16-19(18)2)29-14-12-28(13-15-29)11-10-20(3)30-17-24(26-27-30)22-6-4-5-7-23(22)25/h4-9,16-17,20H,10-15H2,1-3H3. The third kappa shape index (κ3) is 4.68. The number of hydrogen-bond acceptors (Lipinski definition) is 4. The predicted octanol–water partition coefficient (Wildman–Crippen LogP) is 4.99. The third-order valence-corrected chi connectivity index (χ3v) is 6.53. The van der Waals surface area contributed by atoms with E-state index < -0.39 is 0 Å². The molecule has 1 aliphatic rings. The Kier molecular flexibility index (Phi) is 6.40. The van der Waals surface area contributed by atoms with E-state index >= 15 is 0 Å². The first-order valence-corrected chi connectivity index (χ1v) is 11.1. The molecule has 6 heteroatoms. The first kappa shape index (κ1) is 20.9. The summed E-state index contributed by atoms with van der Waals surface area (Å²) in [6, 6.07) is 14.9. The highest BCUT2D eigenvalue weighted by atomic mass is 35.5. The molecule has 2 aromatic carbocycles. The Morgan fingerprint density at radius 3 is 2.50 bits per heavy atom. The van der Waals surface area contributed by atoms with Crippen LogP contribution in [0.5, 0.6) is 0 Å². The average Bonchev–Trinajstić information content (AvgIpc) is 3.25. The zero-order valence-electron chi connectivity index (χ0n) is 18.1. The molecule has 2 heterocycles. The van der Waals surface area contributed by atoms with Crippen LogP contribution in [-0.2, 0) is 0 Å². The quantitative estimate of drug-likeness (QED) is 0.559. The van der Waals surface area contributed by atoms with Crippen LogP contribution >= 0.6 is 11.6 Å². The molecule has 1 saturated heterocycles. The number of piperazine rings is 1. The molecule has 0 N–H and O–H groups in total. The maximum absolute atomic E-state index is 6.29. The van der Waals surface area contributed by atoms with Gasteiger partial charge in [0.05, 0.1) is 17.3 Å². The van der Waals surface area contributed by atoms with E-state index in [9.17, 15) is 0 Å². The Bertz CT molecular complexity index is 991. The third-order valence-electron chi connectivity index (χ3n) is 6.20. The van der Waals surface area contributed by atoms with E-state index in [2.05, 4.69) is 59.1 Å². The van der Waals surface area contributed by atoms with Crippen molar-refractivity contribution in [2.24, 2.45) is 0 Å². The topological polar surface area (TPSA) is 37.2 Å². The molecule has 1 fully saturated rings. The van der Waals surface area contributed by atoms with Crippen LogP contribution in [0.15, 0.2) is 48.7 Å². The summed E-state index contributed by atoms with van der Waals surface area (Å²) in [6.45, 7) is 12.0. The van der Waals surface area contributed by atoms with Gasteiger partial charge in [0.25, 0.3) is 0 Å². The molecule has 0 bridgehead atoms. The fourth-order valence-corrected chi connectivity index (χ4v) is 4.17. The monoisotopic (exact) mass is 423 g/mol. The molecule has 3 aromatic rings. The molecule has 5 nitrogen and oxygen atoms in total. The highest BCUT2D eigenvalue weighted by molar-refractivity contribution is 6.33. The normalized spacial score (nSPS) is 16.1. The number of nitrogens with zero attached hydrogens (tertiary/aromatic N) is 5. The molecule has 158 valence electrons. The second-order valence-electron chi connectivity index (χ2n) is 8.30. The Labute approximate surface area is 184 Å². The van der Waals surface area contributed by atoms with Crippen molar-refractivity contribution in [1.82, 2.24) is 19.9 Å². The van der Waals surface area contributed by atoms with E-state index in [0.29, 0.717) is 11.1 Å². The molecule has 0 aliphatic carbocycles. The summed E-state index contributed by atoms with van der Waals surface area (Å²) in [7, 11) is 0. The fourth-order valence-electron chi connectivity index (χ4n) is 3.94. The van der Waals surface area contributed by atoms with Gasteiger partial charge in [-0.1, -0.05) is 41.1 Å². The lowest BCUT2D eigenvalue weighted by molar-refractivity contribution is 0.237. The smallest absolute Gasteiger partial charge is 0.114 e. The first-order chi connectivity index (χ1) is 14.5. The molecule has 0 spiro atoms. The molecular weight excluding hydrogens is 394 g/mol. The lowest BCUT2D eigenvalue weighted by Crippen LogP contribution is -2.46. The molecule has 1 aromatic heterocycles. The number of hydrogen-bond donors (Lipinski definition) is 0. The first-order valence-electron chi connectivity index (χ1n) is 10.7. The minimum atomic E-state index is 0.298. The van der Waals surface area contributed by atoms with Gasteiger partial charge in [0.2, 0.25) is 0 Å². The van der Waals surface area contributed by atoms with Crippen molar-refractivity contribution in [3.05, 3.63) is 64.8 Å². The predicted molar refractivity (Wildman–Crippen MR) is 124 cm³/mol. The van der Waals surface area contributed by atoms with E-state index in [0.717, 1.165) is 50.4 Å². The molecule has 0 radical (unpaired) electrons. The highest BCUT2D eigenvalue weighted by Gasteiger charge is 2.19. The number of aryl methyl sites for hydroxylation is 2. The van der Waals surface area contributed by atoms with Gasteiger partial charge in [0, 0.05) is 44.0 Å². The number of aromatic nitrogens is 3. The molecule has 4 rings (SSSR count). The Balaban J connectivity index is 1.28. The van der Waals surface area contributed by atoms with Crippen LogP contribution in [0.3, 0.4) is 0 Å². The van der Waals surface area contributed by atoms with Gasteiger partial charge in [-0.05, 0) is 56.5 Å². The largest absolute Gasteiger partial charge is 0.369 e. The molecule has 1 unspecified atom stereocenters. The van der Waals surface area contributed by atoms with E-state index in [-0.39, 0.29) is 0 Å². The van der Waals surface area contributed by atoms with Gasteiger partial charge in [0.1, 0.15) is 5.69 Å². The zero-order valence-corrected chi connectivity index (χ0v) is 18.8. The van der Waals surface area contributed by atoms with Gasteiger partial charge in [-0.3, -0.25) is 4.90 Å². The number of rotatable bonds is 6. The summed E-state index contributed by atoms with van der Waals surface area (Å²) >= 11 is 6.29. The van der Waals surface area contributed by atoms with Crippen molar-refractivity contribution in [2.75, 3.05) is 37.6 Å². The van der Waals surface area contributed by atoms with Crippen LogP contribution in [0.4, 0.5) is 5.69 Å². The van der Waals surface area contributed by atoms with Crippen molar-refractivity contribution in [3.8, 4) is 11.3 Å². The van der Waals surface area contributed by atoms with Gasteiger partial charge in [-0.2, -0.15) is 0 Å².